The van der Waals surface area contributed by atoms with Gasteiger partial charge in [0, 0.05) is 12.7 Å². The van der Waals surface area contributed by atoms with Gasteiger partial charge in [-0.15, -0.1) is 0 Å². The van der Waals surface area contributed by atoms with E-state index in [0.717, 1.165) is 25.9 Å². The molecule has 2 rings (SSSR count). The van der Waals surface area contributed by atoms with E-state index in [9.17, 15) is 8.42 Å². The maximum atomic E-state index is 12.3. The Morgan fingerprint density at radius 2 is 2.15 bits per heavy atom. The molecule has 2 heterocycles. The van der Waals surface area contributed by atoms with Crippen molar-refractivity contribution in [1.29, 1.82) is 0 Å². The topological polar surface area (TPSA) is 100 Å². The standard InChI is InChI=1S/C12H21N5O2S/c1-17-7-4-10(5-8-17)9-15-20(18,19)11-3-2-6-14-12(11)16-13/h2-3,6,10,15H,4-5,7-9,13H2,1H3,(H,14,16). The summed E-state index contributed by atoms with van der Waals surface area (Å²) < 4.78 is 27.2. The van der Waals surface area contributed by atoms with E-state index in [4.69, 9.17) is 5.84 Å². The van der Waals surface area contributed by atoms with Crippen LogP contribution in [-0.4, -0.2) is 45.0 Å². The smallest absolute Gasteiger partial charge is 0.244 e. The Labute approximate surface area is 119 Å². The lowest BCUT2D eigenvalue weighted by atomic mass is 9.98. The van der Waals surface area contributed by atoms with E-state index in [1.54, 1.807) is 6.07 Å². The Bertz CT molecular complexity index is 541. The van der Waals surface area contributed by atoms with Gasteiger partial charge in [0.1, 0.15) is 4.90 Å². The van der Waals surface area contributed by atoms with E-state index in [0.29, 0.717) is 12.5 Å². The molecule has 1 fully saturated rings. The molecule has 0 radical (unpaired) electrons. The normalized spacial score (nSPS) is 18.1. The van der Waals surface area contributed by atoms with Gasteiger partial charge in [0.2, 0.25) is 10.0 Å². The average molecular weight is 299 g/mol. The van der Waals surface area contributed by atoms with Gasteiger partial charge in [-0.3, -0.25) is 0 Å². The molecule has 0 aliphatic carbocycles. The summed E-state index contributed by atoms with van der Waals surface area (Å²) in [6, 6.07) is 3.06. The lowest BCUT2D eigenvalue weighted by Crippen LogP contribution is -2.37. The highest BCUT2D eigenvalue weighted by molar-refractivity contribution is 7.89. The number of nitrogens with two attached hydrogens (primary N) is 1. The van der Waals surface area contributed by atoms with Gasteiger partial charge in [-0.2, -0.15) is 0 Å². The molecule has 1 aromatic rings. The van der Waals surface area contributed by atoms with Gasteiger partial charge < -0.3 is 10.3 Å². The highest BCUT2D eigenvalue weighted by atomic mass is 32.2. The lowest BCUT2D eigenvalue weighted by molar-refractivity contribution is 0.220. The summed E-state index contributed by atoms with van der Waals surface area (Å²) in [6.07, 6.45) is 3.51. The molecule has 1 aromatic heterocycles. The fourth-order valence-electron chi connectivity index (χ4n) is 2.29. The molecule has 0 unspecified atom stereocenters. The van der Waals surface area contributed by atoms with Crippen molar-refractivity contribution >= 4 is 15.8 Å². The first kappa shape index (κ1) is 15.2. The van der Waals surface area contributed by atoms with Crippen molar-refractivity contribution in [2.24, 2.45) is 11.8 Å². The van der Waals surface area contributed by atoms with Crippen LogP contribution in [0.4, 0.5) is 5.82 Å². The van der Waals surface area contributed by atoms with Crippen molar-refractivity contribution in [2.45, 2.75) is 17.7 Å². The first-order chi connectivity index (χ1) is 9.53. The van der Waals surface area contributed by atoms with Gasteiger partial charge >= 0.3 is 0 Å². The van der Waals surface area contributed by atoms with Crippen LogP contribution in [0.5, 0.6) is 0 Å². The number of hydrazine groups is 1. The molecule has 4 N–H and O–H groups in total. The Kier molecular flexibility index (Phi) is 4.92. The number of rotatable bonds is 5. The van der Waals surface area contributed by atoms with Crippen LogP contribution in [0.2, 0.25) is 0 Å². The molecule has 1 saturated heterocycles. The van der Waals surface area contributed by atoms with Crippen molar-refractivity contribution < 1.29 is 8.42 Å². The van der Waals surface area contributed by atoms with E-state index in [2.05, 4.69) is 27.1 Å². The Morgan fingerprint density at radius 1 is 1.45 bits per heavy atom. The Balaban J connectivity index is 2.00. The molecule has 0 amide bonds. The SMILES string of the molecule is CN1CCC(CNS(=O)(=O)c2cccnc2NN)CC1. The third kappa shape index (κ3) is 3.66. The van der Waals surface area contributed by atoms with Crippen molar-refractivity contribution in [3.8, 4) is 0 Å². The largest absolute Gasteiger partial charge is 0.307 e. The number of sulfonamides is 1. The summed E-state index contributed by atoms with van der Waals surface area (Å²) in [7, 11) is -1.51. The number of anilines is 1. The maximum Gasteiger partial charge on any atom is 0.244 e. The third-order valence-corrected chi connectivity index (χ3v) is 5.05. The number of nitrogens with one attached hydrogen (secondary N) is 2. The second-order valence-corrected chi connectivity index (χ2v) is 6.83. The molecule has 20 heavy (non-hydrogen) atoms. The van der Waals surface area contributed by atoms with E-state index < -0.39 is 10.0 Å². The summed E-state index contributed by atoms with van der Waals surface area (Å²) >= 11 is 0. The third-order valence-electron chi connectivity index (χ3n) is 3.60. The second-order valence-electron chi connectivity index (χ2n) is 5.09. The quantitative estimate of drug-likeness (QED) is 0.522. The summed E-state index contributed by atoms with van der Waals surface area (Å²) in [5.41, 5.74) is 2.31. The van der Waals surface area contributed by atoms with E-state index >= 15 is 0 Å². The zero-order chi connectivity index (χ0) is 14.6. The molecule has 1 aliphatic heterocycles. The molecule has 1 aliphatic rings. The molecule has 7 nitrogen and oxygen atoms in total. The molecule has 112 valence electrons. The summed E-state index contributed by atoms with van der Waals surface area (Å²) in [6.45, 7) is 2.47. The Hall–Kier alpha value is -1.22. The molecule has 0 saturated carbocycles. The molecule has 0 aromatic carbocycles. The molecular formula is C12H21N5O2S. The van der Waals surface area contributed by atoms with Crippen LogP contribution in [0, 0.1) is 5.92 Å². The fourth-order valence-corrected chi connectivity index (χ4v) is 3.52. The number of piperidine rings is 1. The number of aromatic nitrogens is 1. The van der Waals surface area contributed by atoms with Gasteiger partial charge in [-0.25, -0.2) is 24.0 Å². The molecule has 0 bridgehead atoms. The van der Waals surface area contributed by atoms with E-state index in [-0.39, 0.29) is 10.7 Å². The number of hydrogen-bond acceptors (Lipinski definition) is 6. The highest BCUT2D eigenvalue weighted by Crippen LogP contribution is 2.19. The second kappa shape index (κ2) is 6.49. The van der Waals surface area contributed by atoms with Gasteiger partial charge in [-0.1, -0.05) is 0 Å². The molecular weight excluding hydrogens is 278 g/mol. The van der Waals surface area contributed by atoms with Crippen LogP contribution >= 0.6 is 0 Å². The average Bonchev–Trinajstić information content (AvgIpc) is 2.46. The monoisotopic (exact) mass is 299 g/mol. The summed E-state index contributed by atoms with van der Waals surface area (Å²) in [5, 5.41) is 0. The van der Waals surface area contributed by atoms with Gasteiger partial charge in [0.25, 0.3) is 0 Å². The number of nitrogen functional groups attached to an aromatic ring is 1. The van der Waals surface area contributed by atoms with Gasteiger partial charge in [0.05, 0.1) is 0 Å². The predicted molar refractivity (Wildman–Crippen MR) is 77.5 cm³/mol. The summed E-state index contributed by atoms with van der Waals surface area (Å²) in [5.74, 6) is 5.83. The van der Waals surface area contributed by atoms with Crippen molar-refractivity contribution in [3.63, 3.8) is 0 Å². The van der Waals surface area contributed by atoms with Crippen molar-refractivity contribution in [1.82, 2.24) is 14.6 Å². The predicted octanol–water partition coefficient (Wildman–Crippen LogP) is -0.0127. The number of hydrogen-bond donors (Lipinski definition) is 3. The van der Waals surface area contributed by atoms with E-state index in [1.807, 2.05) is 0 Å². The maximum absolute atomic E-state index is 12.3. The van der Waals surface area contributed by atoms with Crippen LogP contribution in [-0.2, 0) is 10.0 Å². The van der Waals surface area contributed by atoms with Crippen molar-refractivity contribution in [3.05, 3.63) is 18.3 Å². The number of nitrogens with zero attached hydrogens (tertiary/aromatic N) is 2. The van der Waals surface area contributed by atoms with Crippen LogP contribution in [0.1, 0.15) is 12.8 Å². The molecule has 0 spiro atoms. The summed E-state index contributed by atoms with van der Waals surface area (Å²) in [4.78, 5) is 6.24. The zero-order valence-electron chi connectivity index (χ0n) is 11.5. The molecule has 0 atom stereocenters. The van der Waals surface area contributed by atoms with Crippen LogP contribution in [0.25, 0.3) is 0 Å². The number of likely N-dealkylation sites (tertiary alicyclic amines) is 1. The minimum Gasteiger partial charge on any atom is -0.307 e. The van der Waals surface area contributed by atoms with Crippen LogP contribution in [0.15, 0.2) is 23.2 Å². The lowest BCUT2D eigenvalue weighted by Gasteiger charge is -2.28. The minimum absolute atomic E-state index is 0.0791. The first-order valence-corrected chi connectivity index (χ1v) is 8.11. The van der Waals surface area contributed by atoms with E-state index in [1.165, 1.54) is 12.3 Å². The molecule has 8 heteroatoms. The van der Waals surface area contributed by atoms with Gasteiger partial charge in [0.15, 0.2) is 5.82 Å². The fraction of sp³-hybridized carbons (Fsp3) is 0.583. The first-order valence-electron chi connectivity index (χ1n) is 6.63. The van der Waals surface area contributed by atoms with Gasteiger partial charge in [-0.05, 0) is 51.0 Å². The highest BCUT2D eigenvalue weighted by Gasteiger charge is 2.22. The van der Waals surface area contributed by atoms with Crippen LogP contribution in [0.3, 0.4) is 0 Å². The zero-order valence-corrected chi connectivity index (χ0v) is 12.4. The van der Waals surface area contributed by atoms with Crippen LogP contribution < -0.4 is 16.0 Å². The Morgan fingerprint density at radius 3 is 2.80 bits per heavy atom. The number of pyridine rings is 1. The minimum atomic E-state index is -3.58. The van der Waals surface area contributed by atoms with Crippen molar-refractivity contribution in [2.75, 3.05) is 32.1 Å².